The summed E-state index contributed by atoms with van der Waals surface area (Å²) in [4.78, 5) is 30.7. The van der Waals surface area contributed by atoms with E-state index >= 15 is 0 Å². The summed E-state index contributed by atoms with van der Waals surface area (Å²) in [5.41, 5.74) is 1.18. The van der Waals surface area contributed by atoms with Crippen molar-refractivity contribution in [3.05, 3.63) is 72.1 Å². The minimum atomic E-state index is -0.908. The van der Waals surface area contributed by atoms with Gasteiger partial charge in [-0.3, -0.25) is 14.6 Å². The largest absolute Gasteiger partial charge is 0.497 e. The molecule has 3 aromatic rings. The third-order valence-corrected chi connectivity index (χ3v) is 5.30. The highest BCUT2D eigenvalue weighted by molar-refractivity contribution is 5.97. The van der Waals surface area contributed by atoms with Crippen LogP contribution in [0, 0.1) is 5.92 Å². The number of ether oxygens (including phenoxy) is 1. The fourth-order valence-electron chi connectivity index (χ4n) is 3.79. The van der Waals surface area contributed by atoms with Gasteiger partial charge in [-0.2, -0.15) is 0 Å². The first-order valence-electron chi connectivity index (χ1n) is 9.07. The van der Waals surface area contributed by atoms with Gasteiger partial charge in [-0.15, -0.1) is 0 Å². The summed E-state index contributed by atoms with van der Waals surface area (Å²) in [6, 6.07) is 16.8. The van der Waals surface area contributed by atoms with E-state index in [-0.39, 0.29) is 18.4 Å². The Morgan fingerprint density at radius 2 is 1.86 bits per heavy atom. The molecule has 2 heterocycles. The minimum Gasteiger partial charge on any atom is -0.497 e. The maximum atomic E-state index is 13.0. The number of benzene rings is 2. The minimum absolute atomic E-state index is 0.157. The van der Waals surface area contributed by atoms with E-state index in [1.165, 1.54) is 0 Å². The van der Waals surface area contributed by atoms with Crippen LogP contribution in [0.25, 0.3) is 10.8 Å². The van der Waals surface area contributed by atoms with Crippen molar-refractivity contribution >= 4 is 22.6 Å². The molecule has 6 nitrogen and oxygen atoms in total. The predicted octanol–water partition coefficient (Wildman–Crippen LogP) is 3.18. The second-order valence-corrected chi connectivity index (χ2v) is 6.95. The standard InChI is InChI=1S/C22H20N2O4/c1-28-17-8-4-7-15(9-17)18-12-24(13-19(18)22(26)27)21(25)20-10-14-5-2-3-6-16(14)11-23-20/h2-11,18-19H,12-13H2,1H3,(H,26,27). The summed E-state index contributed by atoms with van der Waals surface area (Å²) in [6.45, 7) is 0.488. The number of carboxylic acids is 1. The average Bonchev–Trinajstić information content (AvgIpc) is 3.19. The molecule has 1 aliphatic heterocycles. The van der Waals surface area contributed by atoms with Crippen molar-refractivity contribution in [3.63, 3.8) is 0 Å². The molecule has 0 bridgehead atoms. The predicted molar refractivity (Wildman–Crippen MR) is 105 cm³/mol. The number of carbonyl (C=O) groups is 2. The van der Waals surface area contributed by atoms with Gasteiger partial charge in [0.05, 0.1) is 13.0 Å². The third kappa shape index (κ3) is 3.29. The molecule has 1 aromatic heterocycles. The zero-order valence-corrected chi connectivity index (χ0v) is 15.4. The van der Waals surface area contributed by atoms with Crippen LogP contribution in [0.1, 0.15) is 22.0 Å². The number of methoxy groups -OCH3 is 1. The van der Waals surface area contributed by atoms with Crippen LogP contribution in [0.4, 0.5) is 0 Å². The number of aliphatic carboxylic acids is 1. The number of rotatable bonds is 4. The highest BCUT2D eigenvalue weighted by atomic mass is 16.5. The summed E-state index contributed by atoms with van der Waals surface area (Å²) >= 11 is 0. The first-order chi connectivity index (χ1) is 13.6. The Hall–Kier alpha value is -3.41. The van der Waals surface area contributed by atoms with Gasteiger partial charge in [-0.05, 0) is 29.1 Å². The summed E-state index contributed by atoms with van der Waals surface area (Å²) < 4.78 is 5.26. The quantitative estimate of drug-likeness (QED) is 0.756. The Morgan fingerprint density at radius 3 is 2.61 bits per heavy atom. The van der Waals surface area contributed by atoms with Gasteiger partial charge in [0.15, 0.2) is 0 Å². The van der Waals surface area contributed by atoms with Crippen molar-refractivity contribution in [3.8, 4) is 5.75 Å². The van der Waals surface area contributed by atoms with Crippen LogP contribution >= 0.6 is 0 Å². The maximum Gasteiger partial charge on any atom is 0.308 e. The molecule has 0 radical (unpaired) electrons. The van der Waals surface area contributed by atoms with Crippen LogP contribution < -0.4 is 4.74 Å². The first kappa shape index (κ1) is 18.0. The number of hydrogen-bond acceptors (Lipinski definition) is 4. The number of carboxylic acid groups (broad SMARTS) is 1. The Balaban J connectivity index is 1.62. The lowest BCUT2D eigenvalue weighted by molar-refractivity contribution is -0.141. The Bertz CT molecular complexity index is 1050. The second-order valence-electron chi connectivity index (χ2n) is 6.95. The van der Waals surface area contributed by atoms with Crippen LogP contribution in [0.5, 0.6) is 5.75 Å². The monoisotopic (exact) mass is 376 g/mol. The highest BCUT2D eigenvalue weighted by Gasteiger charge is 2.41. The van der Waals surface area contributed by atoms with E-state index in [9.17, 15) is 14.7 Å². The molecular formula is C22H20N2O4. The molecule has 0 aliphatic carbocycles. The smallest absolute Gasteiger partial charge is 0.308 e. The van der Waals surface area contributed by atoms with E-state index in [2.05, 4.69) is 4.98 Å². The number of nitrogens with zero attached hydrogens (tertiary/aromatic N) is 2. The van der Waals surface area contributed by atoms with Crippen LogP contribution in [0.15, 0.2) is 60.8 Å². The van der Waals surface area contributed by atoms with Gasteiger partial charge in [0.1, 0.15) is 11.4 Å². The number of amides is 1. The molecule has 1 aliphatic rings. The molecule has 1 fully saturated rings. The highest BCUT2D eigenvalue weighted by Crippen LogP contribution is 2.35. The fourth-order valence-corrected chi connectivity index (χ4v) is 3.79. The van der Waals surface area contributed by atoms with Crippen molar-refractivity contribution in [2.45, 2.75) is 5.92 Å². The van der Waals surface area contributed by atoms with Crippen molar-refractivity contribution in [2.75, 3.05) is 20.2 Å². The molecule has 2 atom stereocenters. The topological polar surface area (TPSA) is 79.7 Å². The van der Waals surface area contributed by atoms with Crippen LogP contribution in [0.2, 0.25) is 0 Å². The van der Waals surface area contributed by atoms with E-state index in [4.69, 9.17) is 4.74 Å². The lowest BCUT2D eigenvalue weighted by Crippen LogP contribution is -2.30. The van der Waals surface area contributed by atoms with Gasteiger partial charge in [0.2, 0.25) is 0 Å². The lowest BCUT2D eigenvalue weighted by atomic mass is 9.89. The van der Waals surface area contributed by atoms with Gasteiger partial charge in [0, 0.05) is 30.6 Å². The van der Waals surface area contributed by atoms with Crippen molar-refractivity contribution in [1.82, 2.24) is 9.88 Å². The Labute approximate surface area is 162 Å². The molecule has 1 N–H and O–H groups in total. The SMILES string of the molecule is COc1cccc(C2CN(C(=O)c3cc4ccccc4cn3)CC2C(=O)O)c1. The molecule has 0 saturated carbocycles. The molecule has 1 saturated heterocycles. The molecule has 2 aromatic carbocycles. The summed E-state index contributed by atoms with van der Waals surface area (Å²) in [5, 5.41) is 11.6. The van der Waals surface area contributed by atoms with Crippen LogP contribution in [-0.4, -0.2) is 47.1 Å². The normalized spacial score (nSPS) is 19.0. The van der Waals surface area contributed by atoms with Gasteiger partial charge in [-0.25, -0.2) is 0 Å². The first-order valence-corrected chi connectivity index (χ1v) is 9.07. The van der Waals surface area contributed by atoms with Crippen molar-refractivity contribution in [1.29, 1.82) is 0 Å². The molecule has 2 unspecified atom stereocenters. The van der Waals surface area contributed by atoms with E-state index in [0.717, 1.165) is 16.3 Å². The maximum absolute atomic E-state index is 13.0. The lowest BCUT2D eigenvalue weighted by Gasteiger charge is -2.17. The van der Waals surface area contributed by atoms with Gasteiger partial charge >= 0.3 is 5.97 Å². The number of aromatic nitrogens is 1. The molecule has 6 heteroatoms. The summed E-state index contributed by atoms with van der Waals surface area (Å²) in [6.07, 6.45) is 1.67. The number of carbonyl (C=O) groups excluding carboxylic acids is 1. The third-order valence-electron chi connectivity index (χ3n) is 5.30. The van der Waals surface area contributed by atoms with Crippen molar-refractivity contribution in [2.24, 2.45) is 5.92 Å². The molecular weight excluding hydrogens is 356 g/mol. The molecule has 142 valence electrons. The summed E-state index contributed by atoms with van der Waals surface area (Å²) in [7, 11) is 1.57. The van der Waals surface area contributed by atoms with Gasteiger partial charge < -0.3 is 14.7 Å². The molecule has 28 heavy (non-hydrogen) atoms. The van der Waals surface area contributed by atoms with E-state index < -0.39 is 11.9 Å². The Kier molecular flexibility index (Phi) is 4.69. The molecule has 1 amide bonds. The van der Waals surface area contributed by atoms with Gasteiger partial charge in [0.25, 0.3) is 5.91 Å². The van der Waals surface area contributed by atoms with E-state index in [1.807, 2.05) is 48.5 Å². The van der Waals surface area contributed by atoms with Crippen LogP contribution in [-0.2, 0) is 4.79 Å². The van der Waals surface area contributed by atoms with E-state index in [0.29, 0.717) is 18.0 Å². The summed E-state index contributed by atoms with van der Waals surface area (Å²) in [5.74, 6) is -1.45. The zero-order chi connectivity index (χ0) is 19.7. The number of likely N-dealkylation sites (tertiary alicyclic amines) is 1. The van der Waals surface area contributed by atoms with Crippen LogP contribution in [0.3, 0.4) is 0 Å². The number of pyridine rings is 1. The Morgan fingerprint density at radius 1 is 1.07 bits per heavy atom. The van der Waals surface area contributed by atoms with Crippen molar-refractivity contribution < 1.29 is 19.4 Å². The average molecular weight is 376 g/mol. The number of fused-ring (bicyclic) bond motifs is 1. The zero-order valence-electron chi connectivity index (χ0n) is 15.4. The fraction of sp³-hybridized carbons (Fsp3) is 0.227. The molecule has 0 spiro atoms. The van der Waals surface area contributed by atoms with Gasteiger partial charge in [-0.1, -0.05) is 36.4 Å². The second kappa shape index (κ2) is 7.31. The molecule has 4 rings (SSSR count). The number of hydrogen-bond donors (Lipinski definition) is 1. The van der Waals surface area contributed by atoms with E-state index in [1.54, 1.807) is 24.3 Å².